The van der Waals surface area contributed by atoms with E-state index in [1.807, 2.05) is 0 Å². The Balaban J connectivity index is 1.65. The highest BCUT2D eigenvalue weighted by Crippen LogP contribution is 2.27. The molecule has 8 heteroatoms. The van der Waals surface area contributed by atoms with Crippen molar-refractivity contribution in [2.45, 2.75) is 0 Å². The monoisotopic (exact) mass is 354 g/mol. The highest BCUT2D eigenvalue weighted by atomic mass is 35.5. The van der Waals surface area contributed by atoms with Gasteiger partial charge in [0.1, 0.15) is 5.75 Å². The van der Waals surface area contributed by atoms with Crippen molar-refractivity contribution in [2.75, 3.05) is 11.9 Å². The van der Waals surface area contributed by atoms with Crippen LogP contribution in [0.2, 0.25) is 5.02 Å². The molecule has 3 aromatic rings. The smallest absolute Gasteiger partial charge is 0.264 e. The van der Waals surface area contributed by atoms with Gasteiger partial charge < -0.3 is 4.74 Å². The van der Waals surface area contributed by atoms with Crippen LogP contribution in [0.25, 0.3) is 10.2 Å². The number of fused-ring (bicyclic) bond motifs is 1. The van der Waals surface area contributed by atoms with Crippen LogP contribution in [0, 0.1) is 11.6 Å². The van der Waals surface area contributed by atoms with E-state index in [1.165, 1.54) is 0 Å². The number of nitrogens with zero attached hydrogens (tertiary/aromatic N) is 1. The zero-order chi connectivity index (χ0) is 16.4. The van der Waals surface area contributed by atoms with Crippen molar-refractivity contribution in [1.82, 2.24) is 4.98 Å². The number of benzene rings is 2. The Morgan fingerprint density at radius 1 is 1.26 bits per heavy atom. The van der Waals surface area contributed by atoms with Crippen molar-refractivity contribution in [3.8, 4) is 5.75 Å². The summed E-state index contributed by atoms with van der Waals surface area (Å²) in [4.78, 5) is 15.9. The van der Waals surface area contributed by atoms with Gasteiger partial charge in [0, 0.05) is 11.1 Å². The molecule has 0 aliphatic carbocycles. The third-order valence-corrected chi connectivity index (χ3v) is 4.01. The SMILES string of the molecule is O=C(COc1cccc(Cl)c1)Nc1nc2cc(F)c(F)cc2s1. The Morgan fingerprint density at radius 3 is 2.83 bits per heavy atom. The van der Waals surface area contributed by atoms with E-state index in [0.717, 1.165) is 23.5 Å². The van der Waals surface area contributed by atoms with E-state index in [2.05, 4.69) is 10.3 Å². The van der Waals surface area contributed by atoms with Gasteiger partial charge in [0.25, 0.3) is 5.91 Å². The van der Waals surface area contributed by atoms with Gasteiger partial charge in [-0.1, -0.05) is 29.0 Å². The van der Waals surface area contributed by atoms with Gasteiger partial charge in [0.2, 0.25) is 0 Å². The fraction of sp³-hybridized carbons (Fsp3) is 0.0667. The maximum atomic E-state index is 13.1. The third kappa shape index (κ3) is 3.75. The quantitative estimate of drug-likeness (QED) is 0.762. The zero-order valence-corrected chi connectivity index (χ0v) is 13.0. The molecule has 1 heterocycles. The predicted molar refractivity (Wildman–Crippen MR) is 85.1 cm³/mol. The maximum Gasteiger partial charge on any atom is 0.264 e. The Hall–Kier alpha value is -2.25. The highest BCUT2D eigenvalue weighted by Gasteiger charge is 2.12. The number of thiazole rings is 1. The normalized spacial score (nSPS) is 10.7. The lowest BCUT2D eigenvalue weighted by Crippen LogP contribution is -2.19. The molecular formula is C15H9ClF2N2O2S. The van der Waals surface area contributed by atoms with Crippen molar-refractivity contribution >= 4 is 44.2 Å². The first-order valence-electron chi connectivity index (χ1n) is 6.45. The van der Waals surface area contributed by atoms with Crippen molar-refractivity contribution in [3.63, 3.8) is 0 Å². The van der Waals surface area contributed by atoms with E-state index >= 15 is 0 Å². The number of amides is 1. The lowest BCUT2D eigenvalue weighted by Gasteiger charge is -2.05. The molecule has 0 bridgehead atoms. The molecule has 1 aromatic heterocycles. The molecule has 0 unspecified atom stereocenters. The van der Waals surface area contributed by atoms with Gasteiger partial charge in [0.05, 0.1) is 10.2 Å². The maximum absolute atomic E-state index is 13.1. The summed E-state index contributed by atoms with van der Waals surface area (Å²) < 4.78 is 32.0. The first kappa shape index (κ1) is 15.6. The fourth-order valence-corrected chi connectivity index (χ4v) is 2.91. The largest absolute Gasteiger partial charge is 0.484 e. The van der Waals surface area contributed by atoms with E-state index in [0.29, 0.717) is 15.5 Å². The van der Waals surface area contributed by atoms with Crippen LogP contribution in [0.4, 0.5) is 13.9 Å². The Bertz CT molecular complexity index is 846. The number of carbonyl (C=O) groups is 1. The Morgan fingerprint density at radius 2 is 2.04 bits per heavy atom. The van der Waals surface area contributed by atoms with Crippen LogP contribution in [0.5, 0.6) is 5.75 Å². The Labute approximate surface area is 138 Å². The number of ether oxygens (including phenoxy) is 1. The first-order chi connectivity index (χ1) is 11.0. The number of aromatic nitrogens is 1. The number of hydrogen-bond donors (Lipinski definition) is 1. The molecule has 1 amide bonds. The van der Waals surface area contributed by atoms with Crippen LogP contribution >= 0.6 is 22.9 Å². The van der Waals surface area contributed by atoms with Crippen LogP contribution in [-0.2, 0) is 4.79 Å². The molecule has 1 N–H and O–H groups in total. The molecule has 0 fully saturated rings. The van der Waals surface area contributed by atoms with Gasteiger partial charge in [0.15, 0.2) is 23.4 Å². The van der Waals surface area contributed by atoms with Crippen molar-refractivity contribution < 1.29 is 18.3 Å². The third-order valence-electron chi connectivity index (χ3n) is 2.84. The number of nitrogens with one attached hydrogen (secondary N) is 1. The summed E-state index contributed by atoms with van der Waals surface area (Å²) in [6.07, 6.45) is 0. The van der Waals surface area contributed by atoms with E-state index in [9.17, 15) is 13.6 Å². The highest BCUT2D eigenvalue weighted by molar-refractivity contribution is 7.22. The number of halogens is 3. The van der Waals surface area contributed by atoms with Crippen molar-refractivity contribution in [3.05, 3.63) is 53.1 Å². The van der Waals surface area contributed by atoms with Gasteiger partial charge in [-0.2, -0.15) is 0 Å². The topological polar surface area (TPSA) is 51.2 Å². The lowest BCUT2D eigenvalue weighted by molar-refractivity contribution is -0.118. The fourth-order valence-electron chi connectivity index (χ4n) is 1.84. The average molecular weight is 355 g/mol. The van der Waals surface area contributed by atoms with E-state index in [4.69, 9.17) is 16.3 Å². The summed E-state index contributed by atoms with van der Waals surface area (Å²) in [5.74, 6) is -1.92. The zero-order valence-electron chi connectivity index (χ0n) is 11.5. The molecule has 0 aliphatic rings. The lowest BCUT2D eigenvalue weighted by atomic mass is 10.3. The number of hydrogen-bond acceptors (Lipinski definition) is 4. The molecule has 0 saturated heterocycles. The Kier molecular flexibility index (Phi) is 4.40. The molecule has 0 saturated carbocycles. The van der Waals surface area contributed by atoms with Crippen LogP contribution < -0.4 is 10.1 Å². The molecule has 4 nitrogen and oxygen atoms in total. The van der Waals surface area contributed by atoms with Crippen LogP contribution in [-0.4, -0.2) is 17.5 Å². The van der Waals surface area contributed by atoms with Crippen molar-refractivity contribution in [1.29, 1.82) is 0 Å². The van der Waals surface area contributed by atoms with Gasteiger partial charge in [-0.15, -0.1) is 0 Å². The standard InChI is InChI=1S/C15H9ClF2N2O2S/c16-8-2-1-3-9(4-8)22-7-14(21)20-15-19-12-5-10(17)11(18)6-13(12)23-15/h1-6H,7H2,(H,19,20,21). The summed E-state index contributed by atoms with van der Waals surface area (Å²) in [7, 11) is 0. The second-order valence-electron chi connectivity index (χ2n) is 4.55. The van der Waals surface area contributed by atoms with Crippen LogP contribution in [0.15, 0.2) is 36.4 Å². The molecule has 118 valence electrons. The van der Waals surface area contributed by atoms with Gasteiger partial charge in [-0.3, -0.25) is 10.1 Å². The summed E-state index contributed by atoms with van der Waals surface area (Å²) in [5, 5.41) is 3.26. The van der Waals surface area contributed by atoms with Crippen LogP contribution in [0.1, 0.15) is 0 Å². The van der Waals surface area contributed by atoms with E-state index in [-0.39, 0.29) is 17.3 Å². The molecule has 2 aromatic carbocycles. The van der Waals surface area contributed by atoms with E-state index < -0.39 is 17.5 Å². The summed E-state index contributed by atoms with van der Waals surface area (Å²) in [6, 6.07) is 8.67. The van der Waals surface area contributed by atoms with Gasteiger partial charge >= 0.3 is 0 Å². The van der Waals surface area contributed by atoms with Crippen molar-refractivity contribution in [2.24, 2.45) is 0 Å². The average Bonchev–Trinajstić information content (AvgIpc) is 2.87. The minimum atomic E-state index is -0.982. The first-order valence-corrected chi connectivity index (χ1v) is 7.64. The number of carbonyl (C=O) groups excluding carboxylic acids is 1. The van der Waals surface area contributed by atoms with Gasteiger partial charge in [-0.05, 0) is 24.3 Å². The molecule has 0 spiro atoms. The van der Waals surface area contributed by atoms with Crippen LogP contribution in [0.3, 0.4) is 0 Å². The molecule has 0 atom stereocenters. The second-order valence-corrected chi connectivity index (χ2v) is 6.01. The molecule has 0 radical (unpaired) electrons. The molecular weight excluding hydrogens is 346 g/mol. The summed E-state index contributed by atoms with van der Waals surface area (Å²) in [6.45, 7) is -0.237. The second kappa shape index (κ2) is 6.47. The van der Waals surface area contributed by atoms with Gasteiger partial charge in [-0.25, -0.2) is 13.8 Å². The summed E-state index contributed by atoms with van der Waals surface area (Å²) in [5.41, 5.74) is 0.278. The number of rotatable bonds is 4. The molecule has 0 aliphatic heterocycles. The minimum Gasteiger partial charge on any atom is -0.484 e. The number of anilines is 1. The summed E-state index contributed by atoms with van der Waals surface area (Å²) >= 11 is 6.86. The van der Waals surface area contributed by atoms with E-state index in [1.54, 1.807) is 24.3 Å². The predicted octanol–water partition coefficient (Wildman–Crippen LogP) is 4.25. The molecule has 3 rings (SSSR count). The minimum absolute atomic E-state index is 0.237. The molecule has 23 heavy (non-hydrogen) atoms.